The second-order valence-electron chi connectivity index (χ2n) is 5.34. The Hall–Kier alpha value is -1.77. The molecule has 1 aliphatic carbocycles. The molecule has 0 aliphatic heterocycles. The molecule has 0 radical (unpaired) electrons. The number of rotatable bonds is 2. The molecule has 1 aromatic carbocycles. The van der Waals surface area contributed by atoms with Crippen LogP contribution in [0.15, 0.2) is 35.1 Å². The van der Waals surface area contributed by atoms with Crippen LogP contribution in [0, 0.1) is 0 Å². The van der Waals surface area contributed by atoms with Gasteiger partial charge in [0.15, 0.2) is 0 Å². The second kappa shape index (κ2) is 4.16. The highest BCUT2D eigenvalue weighted by Crippen LogP contribution is 2.42. The number of hydrogen-bond acceptors (Lipinski definition) is 3. The molecule has 0 spiro atoms. The molecule has 1 aliphatic rings. The average Bonchev–Trinajstić information content (AvgIpc) is 3.01. The van der Waals surface area contributed by atoms with Gasteiger partial charge in [0.05, 0.1) is 11.8 Å². The molecule has 0 bridgehead atoms. The van der Waals surface area contributed by atoms with E-state index in [-0.39, 0.29) is 11.2 Å². The number of nitrogens with zero attached hydrogens (tertiary/aromatic N) is 1. The number of hydrogen-bond donors (Lipinski definition) is 1. The summed E-state index contributed by atoms with van der Waals surface area (Å²) in [7, 11) is 0. The van der Waals surface area contributed by atoms with Crippen molar-refractivity contribution >= 4 is 0 Å². The lowest BCUT2D eigenvalue weighted by Crippen LogP contribution is -2.16. The van der Waals surface area contributed by atoms with Gasteiger partial charge in [-0.3, -0.25) is 0 Å². The molecule has 1 heterocycles. The monoisotopic (exact) mass is 243 g/mol. The van der Waals surface area contributed by atoms with Crippen LogP contribution in [0.1, 0.15) is 38.2 Å². The van der Waals surface area contributed by atoms with Crippen LogP contribution in [0.3, 0.4) is 0 Å². The molecule has 0 atom stereocenters. The third-order valence-corrected chi connectivity index (χ3v) is 4.06. The smallest absolute Gasteiger partial charge is 0.229 e. The molecule has 0 unspecified atom stereocenters. The summed E-state index contributed by atoms with van der Waals surface area (Å²) in [5.41, 5.74) is 2.19. The Morgan fingerprint density at radius 1 is 1.28 bits per heavy atom. The Morgan fingerprint density at radius 2 is 2.06 bits per heavy atom. The minimum Gasteiger partial charge on any atom is -0.507 e. The van der Waals surface area contributed by atoms with Crippen molar-refractivity contribution in [1.82, 2.24) is 4.98 Å². The minimum absolute atomic E-state index is 0.225. The molecule has 0 saturated heterocycles. The van der Waals surface area contributed by atoms with Gasteiger partial charge >= 0.3 is 0 Å². The van der Waals surface area contributed by atoms with Crippen LogP contribution < -0.4 is 0 Å². The Kier molecular flexibility index (Phi) is 2.62. The van der Waals surface area contributed by atoms with E-state index in [1.54, 1.807) is 12.3 Å². The molecule has 1 fully saturated rings. The zero-order valence-corrected chi connectivity index (χ0v) is 10.5. The molecule has 3 nitrogen and oxygen atoms in total. The summed E-state index contributed by atoms with van der Waals surface area (Å²) in [6, 6.07) is 5.79. The first-order chi connectivity index (χ1) is 8.69. The first-order valence-electron chi connectivity index (χ1n) is 6.42. The van der Waals surface area contributed by atoms with Gasteiger partial charge in [0.2, 0.25) is 5.89 Å². The highest BCUT2D eigenvalue weighted by molar-refractivity contribution is 5.63. The lowest BCUT2D eigenvalue weighted by molar-refractivity contribution is 0.467. The fraction of sp³-hybridized carbons (Fsp3) is 0.400. The van der Waals surface area contributed by atoms with Crippen molar-refractivity contribution in [2.75, 3.05) is 0 Å². The van der Waals surface area contributed by atoms with Crippen LogP contribution in [0.4, 0.5) is 0 Å². The largest absolute Gasteiger partial charge is 0.507 e. The molecule has 3 heteroatoms. The van der Waals surface area contributed by atoms with Gasteiger partial charge in [0.1, 0.15) is 12.0 Å². The van der Waals surface area contributed by atoms with Crippen molar-refractivity contribution in [3.05, 3.63) is 36.2 Å². The van der Waals surface area contributed by atoms with Gasteiger partial charge in [-0.25, -0.2) is 4.98 Å². The first-order valence-corrected chi connectivity index (χ1v) is 6.42. The van der Waals surface area contributed by atoms with Crippen molar-refractivity contribution in [2.45, 2.75) is 38.0 Å². The van der Waals surface area contributed by atoms with Gasteiger partial charge in [0, 0.05) is 0 Å². The van der Waals surface area contributed by atoms with Crippen molar-refractivity contribution in [3.63, 3.8) is 0 Å². The van der Waals surface area contributed by atoms with Gasteiger partial charge in [-0.1, -0.05) is 25.8 Å². The summed E-state index contributed by atoms with van der Waals surface area (Å²) in [6.45, 7) is 2.30. The minimum atomic E-state index is 0.225. The maximum absolute atomic E-state index is 9.93. The zero-order valence-electron chi connectivity index (χ0n) is 10.5. The summed E-state index contributed by atoms with van der Waals surface area (Å²) >= 11 is 0. The lowest BCUT2D eigenvalue weighted by atomic mass is 9.80. The zero-order chi connectivity index (χ0) is 12.6. The van der Waals surface area contributed by atoms with E-state index in [2.05, 4.69) is 11.9 Å². The standard InChI is InChI=1S/C15H17NO2/c1-15(6-2-3-7-15)11-4-5-13(17)12(10-11)14-16-8-9-18-14/h4-5,8-10,17H,2-3,6-7H2,1H3. The van der Waals surface area contributed by atoms with E-state index < -0.39 is 0 Å². The summed E-state index contributed by atoms with van der Waals surface area (Å²) in [5.74, 6) is 0.707. The van der Waals surface area contributed by atoms with Gasteiger partial charge in [-0.05, 0) is 36.0 Å². The van der Waals surface area contributed by atoms with Gasteiger partial charge < -0.3 is 9.52 Å². The van der Waals surface area contributed by atoms with E-state index in [4.69, 9.17) is 4.42 Å². The van der Waals surface area contributed by atoms with Crippen LogP contribution in [-0.4, -0.2) is 10.1 Å². The van der Waals surface area contributed by atoms with E-state index >= 15 is 0 Å². The number of aromatic hydroxyl groups is 1. The van der Waals surface area contributed by atoms with E-state index in [0.29, 0.717) is 11.5 Å². The summed E-state index contributed by atoms with van der Waals surface area (Å²) in [5, 5.41) is 9.93. The highest BCUT2D eigenvalue weighted by atomic mass is 16.3. The topological polar surface area (TPSA) is 46.3 Å². The van der Waals surface area contributed by atoms with Crippen LogP contribution in [0.5, 0.6) is 5.75 Å². The van der Waals surface area contributed by atoms with Crippen LogP contribution in [0.25, 0.3) is 11.5 Å². The molecule has 18 heavy (non-hydrogen) atoms. The average molecular weight is 243 g/mol. The number of oxazole rings is 1. The molecule has 1 N–H and O–H groups in total. The van der Waals surface area contributed by atoms with Crippen molar-refractivity contribution in [2.24, 2.45) is 0 Å². The number of phenols is 1. The van der Waals surface area contributed by atoms with Crippen LogP contribution >= 0.6 is 0 Å². The van der Waals surface area contributed by atoms with Gasteiger partial charge in [-0.15, -0.1) is 0 Å². The Labute approximate surface area is 106 Å². The third-order valence-electron chi connectivity index (χ3n) is 4.06. The predicted molar refractivity (Wildman–Crippen MR) is 69.4 cm³/mol. The van der Waals surface area contributed by atoms with E-state index in [1.807, 2.05) is 12.1 Å². The second-order valence-corrected chi connectivity index (χ2v) is 5.34. The number of benzene rings is 1. The molecule has 2 aromatic rings. The van der Waals surface area contributed by atoms with Crippen LogP contribution in [-0.2, 0) is 5.41 Å². The normalized spacial score (nSPS) is 18.1. The van der Waals surface area contributed by atoms with E-state index in [0.717, 1.165) is 0 Å². The lowest BCUT2D eigenvalue weighted by Gasteiger charge is -2.24. The summed E-state index contributed by atoms with van der Waals surface area (Å²) in [4.78, 5) is 4.11. The van der Waals surface area contributed by atoms with Crippen molar-refractivity contribution < 1.29 is 9.52 Å². The Morgan fingerprint density at radius 3 is 2.72 bits per heavy atom. The quantitative estimate of drug-likeness (QED) is 0.870. The number of aromatic nitrogens is 1. The predicted octanol–water partition coefficient (Wildman–Crippen LogP) is 3.88. The van der Waals surface area contributed by atoms with Crippen molar-refractivity contribution in [1.29, 1.82) is 0 Å². The maximum atomic E-state index is 9.93. The molecule has 94 valence electrons. The molecular formula is C15H17NO2. The van der Waals surface area contributed by atoms with Gasteiger partial charge in [0.25, 0.3) is 0 Å². The van der Waals surface area contributed by atoms with Gasteiger partial charge in [-0.2, -0.15) is 0 Å². The highest BCUT2D eigenvalue weighted by Gasteiger charge is 2.31. The first kappa shape index (κ1) is 11.3. The molecule has 0 amide bonds. The van der Waals surface area contributed by atoms with Crippen molar-refractivity contribution in [3.8, 4) is 17.2 Å². The SMILES string of the molecule is CC1(c2ccc(O)c(-c3ncco3)c2)CCCC1. The number of phenolic OH excluding ortho intramolecular Hbond substituents is 1. The fourth-order valence-electron chi connectivity index (χ4n) is 2.88. The molecular weight excluding hydrogens is 226 g/mol. The van der Waals surface area contributed by atoms with E-state index in [1.165, 1.54) is 37.5 Å². The fourth-order valence-corrected chi connectivity index (χ4v) is 2.88. The van der Waals surface area contributed by atoms with Crippen LogP contribution in [0.2, 0.25) is 0 Å². The molecule has 1 aromatic heterocycles. The Balaban J connectivity index is 2.06. The maximum Gasteiger partial charge on any atom is 0.229 e. The molecule has 3 rings (SSSR count). The van der Waals surface area contributed by atoms with E-state index in [9.17, 15) is 5.11 Å². The Bertz CT molecular complexity index is 540. The third kappa shape index (κ3) is 1.80. The summed E-state index contributed by atoms with van der Waals surface area (Å²) in [6.07, 6.45) is 8.11. The molecule has 1 saturated carbocycles. The summed E-state index contributed by atoms with van der Waals surface area (Å²) < 4.78 is 5.28.